The number of benzene rings is 2. The number of hydrogen-bond acceptors (Lipinski definition) is 7. The van der Waals surface area contributed by atoms with Gasteiger partial charge in [0.15, 0.2) is 11.5 Å². The van der Waals surface area contributed by atoms with Gasteiger partial charge < -0.3 is 29.3 Å². The Morgan fingerprint density at radius 1 is 1.03 bits per heavy atom. The first-order chi connectivity index (χ1) is 15.8. The Morgan fingerprint density at radius 2 is 1.70 bits per heavy atom. The molecule has 0 bridgehead atoms. The van der Waals surface area contributed by atoms with E-state index in [4.69, 9.17) is 25.8 Å². The molecule has 1 unspecified atom stereocenters. The van der Waals surface area contributed by atoms with Crippen LogP contribution in [0.15, 0.2) is 35.9 Å². The summed E-state index contributed by atoms with van der Waals surface area (Å²) in [5.41, 5.74) is 0.462. The number of amides is 1. The van der Waals surface area contributed by atoms with E-state index in [0.717, 1.165) is 6.42 Å². The molecule has 0 radical (unpaired) electrons. The van der Waals surface area contributed by atoms with E-state index in [1.807, 2.05) is 6.92 Å². The average Bonchev–Trinajstić information content (AvgIpc) is 3.06. The zero-order valence-electron chi connectivity index (χ0n) is 18.8. The van der Waals surface area contributed by atoms with Crippen LogP contribution in [0.25, 0.3) is 5.76 Å². The summed E-state index contributed by atoms with van der Waals surface area (Å²) in [5.74, 6) is -1.38. The van der Waals surface area contributed by atoms with E-state index in [1.54, 1.807) is 6.07 Å². The minimum Gasteiger partial charge on any atom is -0.507 e. The van der Waals surface area contributed by atoms with Gasteiger partial charge in [0.1, 0.15) is 17.3 Å². The lowest BCUT2D eigenvalue weighted by atomic mass is 9.94. The number of aromatic hydroxyl groups is 1. The lowest BCUT2D eigenvalue weighted by Crippen LogP contribution is -2.30. The maximum Gasteiger partial charge on any atom is 0.295 e. The summed E-state index contributed by atoms with van der Waals surface area (Å²) in [4.78, 5) is 27.4. The number of ether oxygens (including phenoxy) is 3. The number of carbonyl (C=O) groups is 2. The fourth-order valence-corrected chi connectivity index (χ4v) is 4.09. The summed E-state index contributed by atoms with van der Waals surface area (Å²) in [7, 11) is 4.26. The van der Waals surface area contributed by atoms with Crippen molar-refractivity contribution in [2.75, 3.05) is 27.9 Å². The maximum atomic E-state index is 13.1. The second-order valence-corrected chi connectivity index (χ2v) is 7.87. The van der Waals surface area contributed by atoms with Gasteiger partial charge in [-0.25, -0.2) is 0 Å². The van der Waals surface area contributed by atoms with Crippen LogP contribution in [0.5, 0.6) is 23.0 Å². The first-order valence-corrected chi connectivity index (χ1v) is 10.7. The van der Waals surface area contributed by atoms with Gasteiger partial charge in [-0.15, -0.1) is 0 Å². The van der Waals surface area contributed by atoms with Gasteiger partial charge in [-0.3, -0.25) is 9.59 Å². The molecular formula is C24H26ClNO7. The first-order valence-electron chi connectivity index (χ1n) is 10.4. The molecule has 3 rings (SSSR count). The number of Topliss-reactive ketones (excluding diaryl/α,β-unsaturated/α-hetero) is 1. The number of aliphatic hydroxyl groups excluding tert-OH is 1. The Morgan fingerprint density at radius 3 is 2.27 bits per heavy atom. The van der Waals surface area contributed by atoms with Gasteiger partial charge in [0.05, 0.1) is 43.5 Å². The van der Waals surface area contributed by atoms with E-state index < -0.39 is 23.5 Å². The van der Waals surface area contributed by atoms with Crippen LogP contribution in [0.1, 0.15) is 36.9 Å². The summed E-state index contributed by atoms with van der Waals surface area (Å²) in [6.45, 7) is 2.27. The molecule has 1 heterocycles. The van der Waals surface area contributed by atoms with Crippen LogP contribution in [0.4, 0.5) is 0 Å². The van der Waals surface area contributed by atoms with Gasteiger partial charge in [0, 0.05) is 12.6 Å². The third-order valence-corrected chi connectivity index (χ3v) is 5.84. The molecule has 2 aromatic rings. The standard InChI is InChI=1S/C24H26ClNO7/c1-5-6-9-26-21(13-7-8-17(31-2)16(27)10-13)20(23(29)24(26)30)22(28)14-11-15(25)19(33-4)12-18(14)32-3/h7-8,10-12,21,27-28H,5-6,9H2,1-4H3/b22-20+. The fourth-order valence-electron chi connectivity index (χ4n) is 3.85. The van der Waals surface area contributed by atoms with Crippen molar-refractivity contribution in [3.05, 3.63) is 52.1 Å². The van der Waals surface area contributed by atoms with Crippen LogP contribution >= 0.6 is 11.6 Å². The molecular weight excluding hydrogens is 450 g/mol. The number of nitrogens with zero attached hydrogens (tertiary/aromatic N) is 1. The smallest absolute Gasteiger partial charge is 0.295 e. The van der Waals surface area contributed by atoms with Crippen molar-refractivity contribution in [2.45, 2.75) is 25.8 Å². The summed E-state index contributed by atoms with van der Waals surface area (Å²) in [5, 5.41) is 21.8. The first kappa shape index (κ1) is 24.3. The molecule has 2 N–H and O–H groups in total. The highest BCUT2D eigenvalue weighted by molar-refractivity contribution is 6.46. The monoisotopic (exact) mass is 475 g/mol. The third-order valence-electron chi connectivity index (χ3n) is 5.54. The van der Waals surface area contributed by atoms with Crippen molar-refractivity contribution < 1.29 is 34.0 Å². The van der Waals surface area contributed by atoms with Crippen LogP contribution in [0.2, 0.25) is 5.02 Å². The number of halogens is 1. The van der Waals surface area contributed by atoms with E-state index in [1.165, 1.54) is 50.5 Å². The summed E-state index contributed by atoms with van der Waals surface area (Å²) < 4.78 is 15.7. The Bertz CT molecular complexity index is 1110. The summed E-state index contributed by atoms with van der Waals surface area (Å²) in [6.07, 6.45) is 1.45. The van der Waals surface area contributed by atoms with E-state index in [9.17, 15) is 19.8 Å². The zero-order valence-corrected chi connectivity index (χ0v) is 19.6. The lowest BCUT2D eigenvalue weighted by molar-refractivity contribution is -0.139. The number of aliphatic hydroxyl groups is 1. The zero-order chi connectivity index (χ0) is 24.3. The normalized spacial score (nSPS) is 17.4. The van der Waals surface area contributed by atoms with Gasteiger partial charge in [0.2, 0.25) is 0 Å². The molecule has 0 aliphatic carbocycles. The maximum absolute atomic E-state index is 13.1. The van der Waals surface area contributed by atoms with Crippen molar-refractivity contribution in [1.82, 2.24) is 4.90 Å². The number of hydrogen-bond donors (Lipinski definition) is 2. The number of ketones is 1. The van der Waals surface area contributed by atoms with Crippen LogP contribution in [0.3, 0.4) is 0 Å². The molecule has 1 aliphatic heterocycles. The molecule has 33 heavy (non-hydrogen) atoms. The Labute approximate surface area is 196 Å². The number of carbonyl (C=O) groups excluding carboxylic acids is 2. The van der Waals surface area contributed by atoms with E-state index in [0.29, 0.717) is 24.3 Å². The van der Waals surface area contributed by atoms with E-state index >= 15 is 0 Å². The van der Waals surface area contributed by atoms with Crippen molar-refractivity contribution in [1.29, 1.82) is 0 Å². The predicted molar refractivity (Wildman–Crippen MR) is 123 cm³/mol. The molecule has 0 saturated carbocycles. The molecule has 0 aromatic heterocycles. The van der Waals surface area contributed by atoms with Gasteiger partial charge >= 0.3 is 0 Å². The number of phenols is 1. The van der Waals surface area contributed by atoms with Crippen molar-refractivity contribution in [2.24, 2.45) is 0 Å². The third kappa shape index (κ3) is 4.43. The highest BCUT2D eigenvalue weighted by atomic mass is 35.5. The minimum atomic E-state index is -0.918. The molecule has 1 amide bonds. The van der Waals surface area contributed by atoms with E-state index in [-0.39, 0.29) is 33.4 Å². The molecule has 1 aliphatic rings. The highest BCUT2D eigenvalue weighted by Crippen LogP contribution is 2.44. The molecule has 1 fully saturated rings. The van der Waals surface area contributed by atoms with E-state index in [2.05, 4.69) is 0 Å². The quantitative estimate of drug-likeness (QED) is 0.333. The summed E-state index contributed by atoms with van der Waals surface area (Å²) in [6, 6.07) is 6.57. The van der Waals surface area contributed by atoms with Crippen molar-refractivity contribution in [3.8, 4) is 23.0 Å². The van der Waals surface area contributed by atoms with Crippen LogP contribution < -0.4 is 14.2 Å². The second-order valence-electron chi connectivity index (χ2n) is 7.46. The highest BCUT2D eigenvalue weighted by Gasteiger charge is 2.46. The van der Waals surface area contributed by atoms with Crippen LogP contribution in [-0.4, -0.2) is 54.7 Å². The predicted octanol–water partition coefficient (Wildman–Crippen LogP) is 4.29. The molecule has 0 spiro atoms. The fraction of sp³-hybridized carbons (Fsp3) is 0.333. The SMILES string of the molecule is CCCCN1C(=O)C(=O)/C(=C(/O)c2cc(Cl)c(OC)cc2OC)C1c1ccc(OC)c(O)c1. The van der Waals surface area contributed by atoms with Crippen LogP contribution in [0, 0.1) is 0 Å². The van der Waals surface area contributed by atoms with Gasteiger partial charge in [0.25, 0.3) is 11.7 Å². The van der Waals surface area contributed by atoms with Gasteiger partial charge in [-0.2, -0.15) is 0 Å². The number of methoxy groups -OCH3 is 3. The topological polar surface area (TPSA) is 106 Å². The van der Waals surface area contributed by atoms with Crippen molar-refractivity contribution >= 4 is 29.1 Å². The molecule has 176 valence electrons. The number of likely N-dealkylation sites (tertiary alicyclic amines) is 1. The number of unbranched alkanes of at least 4 members (excludes halogenated alkanes) is 1. The largest absolute Gasteiger partial charge is 0.507 e. The van der Waals surface area contributed by atoms with Gasteiger partial charge in [-0.1, -0.05) is 31.0 Å². The van der Waals surface area contributed by atoms with Crippen molar-refractivity contribution in [3.63, 3.8) is 0 Å². The Kier molecular flexibility index (Phi) is 7.38. The number of phenolic OH excluding ortho intramolecular Hbond substituents is 1. The molecule has 9 heteroatoms. The minimum absolute atomic E-state index is 0.125. The Hall–Kier alpha value is -3.39. The van der Waals surface area contributed by atoms with Gasteiger partial charge in [-0.05, 0) is 30.2 Å². The lowest BCUT2D eigenvalue weighted by Gasteiger charge is -2.25. The molecule has 1 saturated heterocycles. The average molecular weight is 476 g/mol. The molecule has 8 nitrogen and oxygen atoms in total. The Balaban J connectivity index is 2.25. The van der Waals surface area contributed by atoms with Crippen LogP contribution in [-0.2, 0) is 9.59 Å². The molecule has 2 aromatic carbocycles. The second kappa shape index (κ2) is 10.0. The summed E-state index contributed by atoms with van der Waals surface area (Å²) >= 11 is 6.26. The molecule has 1 atom stereocenters. The number of rotatable bonds is 8.